The van der Waals surface area contributed by atoms with Crippen molar-refractivity contribution in [1.29, 1.82) is 0 Å². The first-order chi connectivity index (χ1) is 7.31. The van der Waals surface area contributed by atoms with E-state index in [0.29, 0.717) is 17.9 Å². The molecule has 0 amide bonds. The van der Waals surface area contributed by atoms with Gasteiger partial charge in [-0.1, -0.05) is 26.3 Å². The van der Waals surface area contributed by atoms with Crippen LogP contribution >= 0.6 is 0 Å². The van der Waals surface area contributed by atoms with E-state index in [0.717, 1.165) is 25.5 Å². The molecule has 0 aromatic heterocycles. The van der Waals surface area contributed by atoms with Crippen LogP contribution in [-0.4, -0.2) is 12.9 Å². The van der Waals surface area contributed by atoms with Gasteiger partial charge in [-0.3, -0.25) is 4.79 Å². The van der Waals surface area contributed by atoms with Crippen molar-refractivity contribution in [2.75, 3.05) is 6.61 Å². The average Bonchev–Trinajstić information content (AvgIpc) is 2.29. The Morgan fingerprint density at radius 2 is 2.13 bits per heavy atom. The summed E-state index contributed by atoms with van der Waals surface area (Å²) in [7, 11) is 0. The van der Waals surface area contributed by atoms with Crippen LogP contribution in [0, 0.1) is 0 Å². The third kappa shape index (κ3) is 3.39. The topological polar surface area (TPSA) is 26.3 Å². The smallest absolute Gasteiger partial charge is 0.153 e. The molecule has 0 aliphatic heterocycles. The summed E-state index contributed by atoms with van der Waals surface area (Å²) in [6, 6.07) is 5.79. The number of ether oxygens (including phenoxy) is 1. The van der Waals surface area contributed by atoms with Crippen molar-refractivity contribution in [2.24, 2.45) is 0 Å². The third-order valence-corrected chi connectivity index (χ3v) is 2.36. The Morgan fingerprint density at radius 3 is 2.73 bits per heavy atom. The van der Waals surface area contributed by atoms with Crippen LogP contribution in [0.25, 0.3) is 0 Å². The number of benzene rings is 1. The second kappa shape index (κ2) is 6.23. The van der Waals surface area contributed by atoms with Gasteiger partial charge in [0.1, 0.15) is 5.75 Å². The molecular weight excluding hydrogens is 188 g/mol. The SMILES string of the molecule is CCCCOc1ccc(CC)cc1C=O. The van der Waals surface area contributed by atoms with Crippen LogP contribution in [0.1, 0.15) is 42.6 Å². The van der Waals surface area contributed by atoms with Gasteiger partial charge in [0.15, 0.2) is 6.29 Å². The van der Waals surface area contributed by atoms with E-state index in [1.54, 1.807) is 0 Å². The Labute approximate surface area is 91.3 Å². The number of rotatable bonds is 6. The molecule has 0 saturated heterocycles. The molecule has 0 saturated carbocycles. The highest BCUT2D eigenvalue weighted by Gasteiger charge is 2.03. The van der Waals surface area contributed by atoms with Gasteiger partial charge in [-0.15, -0.1) is 0 Å². The first-order valence-electron chi connectivity index (χ1n) is 5.52. The maximum atomic E-state index is 10.8. The average molecular weight is 206 g/mol. The van der Waals surface area contributed by atoms with Gasteiger partial charge in [0.25, 0.3) is 0 Å². The molecule has 0 heterocycles. The van der Waals surface area contributed by atoms with Crippen LogP contribution in [0.2, 0.25) is 0 Å². The summed E-state index contributed by atoms with van der Waals surface area (Å²) in [5, 5.41) is 0. The van der Waals surface area contributed by atoms with Crippen molar-refractivity contribution in [3.8, 4) is 5.75 Å². The fraction of sp³-hybridized carbons (Fsp3) is 0.462. The molecule has 0 aliphatic carbocycles. The van der Waals surface area contributed by atoms with E-state index in [1.807, 2.05) is 18.2 Å². The minimum Gasteiger partial charge on any atom is -0.493 e. The zero-order valence-corrected chi connectivity index (χ0v) is 9.45. The molecule has 15 heavy (non-hydrogen) atoms. The molecule has 1 aromatic carbocycles. The van der Waals surface area contributed by atoms with Crippen molar-refractivity contribution >= 4 is 6.29 Å². The molecule has 0 aliphatic rings. The summed E-state index contributed by atoms with van der Waals surface area (Å²) >= 11 is 0. The Hall–Kier alpha value is -1.31. The molecule has 0 unspecified atom stereocenters. The van der Waals surface area contributed by atoms with Crippen LogP contribution in [0.15, 0.2) is 18.2 Å². The summed E-state index contributed by atoms with van der Waals surface area (Å²) in [5.74, 6) is 0.704. The van der Waals surface area contributed by atoms with Crippen LogP contribution in [0.4, 0.5) is 0 Å². The molecule has 2 nitrogen and oxygen atoms in total. The lowest BCUT2D eigenvalue weighted by atomic mass is 10.1. The minimum atomic E-state index is 0.658. The van der Waals surface area contributed by atoms with Crippen molar-refractivity contribution in [1.82, 2.24) is 0 Å². The van der Waals surface area contributed by atoms with E-state index < -0.39 is 0 Å². The fourth-order valence-electron chi connectivity index (χ4n) is 1.37. The van der Waals surface area contributed by atoms with Gasteiger partial charge in [-0.05, 0) is 30.5 Å². The Kier molecular flexibility index (Phi) is 4.88. The van der Waals surface area contributed by atoms with Gasteiger partial charge in [0.2, 0.25) is 0 Å². The van der Waals surface area contributed by atoms with Gasteiger partial charge in [0, 0.05) is 0 Å². The zero-order chi connectivity index (χ0) is 11.1. The Bertz CT molecular complexity index is 318. The lowest BCUT2D eigenvalue weighted by Crippen LogP contribution is -2.00. The van der Waals surface area contributed by atoms with Gasteiger partial charge in [-0.2, -0.15) is 0 Å². The predicted molar refractivity (Wildman–Crippen MR) is 61.6 cm³/mol. The maximum Gasteiger partial charge on any atom is 0.153 e. The predicted octanol–water partition coefficient (Wildman–Crippen LogP) is 3.24. The minimum absolute atomic E-state index is 0.658. The largest absolute Gasteiger partial charge is 0.493 e. The summed E-state index contributed by atoms with van der Waals surface area (Å²) in [5.41, 5.74) is 1.82. The fourth-order valence-corrected chi connectivity index (χ4v) is 1.37. The Morgan fingerprint density at radius 1 is 1.33 bits per heavy atom. The van der Waals surface area contributed by atoms with Crippen molar-refractivity contribution in [3.63, 3.8) is 0 Å². The van der Waals surface area contributed by atoms with E-state index in [9.17, 15) is 4.79 Å². The van der Waals surface area contributed by atoms with E-state index >= 15 is 0 Å². The second-order valence-corrected chi connectivity index (χ2v) is 3.55. The van der Waals surface area contributed by atoms with E-state index in [2.05, 4.69) is 13.8 Å². The quantitative estimate of drug-likeness (QED) is 0.527. The summed E-state index contributed by atoms with van der Waals surface area (Å²) in [6.45, 7) is 4.87. The normalized spacial score (nSPS) is 10.0. The monoisotopic (exact) mass is 206 g/mol. The van der Waals surface area contributed by atoms with E-state index in [4.69, 9.17) is 4.74 Å². The van der Waals surface area contributed by atoms with E-state index in [1.165, 1.54) is 5.56 Å². The number of unbranched alkanes of at least 4 members (excludes halogenated alkanes) is 1. The number of aryl methyl sites for hydroxylation is 1. The number of carbonyl (C=O) groups is 1. The van der Waals surface area contributed by atoms with Crippen molar-refractivity contribution in [2.45, 2.75) is 33.1 Å². The van der Waals surface area contributed by atoms with Crippen molar-refractivity contribution < 1.29 is 9.53 Å². The second-order valence-electron chi connectivity index (χ2n) is 3.55. The molecule has 0 bridgehead atoms. The highest BCUT2D eigenvalue weighted by atomic mass is 16.5. The molecule has 82 valence electrons. The van der Waals surface area contributed by atoms with Gasteiger partial charge in [0.05, 0.1) is 12.2 Å². The van der Waals surface area contributed by atoms with Crippen LogP contribution in [-0.2, 0) is 6.42 Å². The molecule has 1 aromatic rings. The zero-order valence-electron chi connectivity index (χ0n) is 9.45. The molecule has 0 spiro atoms. The summed E-state index contributed by atoms with van der Waals surface area (Å²) in [6.07, 6.45) is 3.92. The number of hydrogen-bond donors (Lipinski definition) is 0. The first-order valence-corrected chi connectivity index (χ1v) is 5.52. The highest BCUT2D eigenvalue weighted by molar-refractivity contribution is 5.79. The van der Waals surface area contributed by atoms with Gasteiger partial charge >= 0.3 is 0 Å². The molecule has 0 N–H and O–H groups in total. The standard InChI is InChI=1S/C13H18O2/c1-3-5-8-15-13-7-6-11(4-2)9-12(13)10-14/h6-7,9-10H,3-5,8H2,1-2H3. The van der Waals surface area contributed by atoms with E-state index in [-0.39, 0.29) is 0 Å². The lowest BCUT2D eigenvalue weighted by Gasteiger charge is -2.08. The third-order valence-electron chi connectivity index (χ3n) is 2.36. The highest BCUT2D eigenvalue weighted by Crippen LogP contribution is 2.19. The summed E-state index contributed by atoms with van der Waals surface area (Å²) in [4.78, 5) is 10.8. The molecule has 0 radical (unpaired) electrons. The lowest BCUT2D eigenvalue weighted by molar-refractivity contribution is 0.111. The van der Waals surface area contributed by atoms with Gasteiger partial charge < -0.3 is 4.74 Å². The Balaban J connectivity index is 2.73. The van der Waals surface area contributed by atoms with Gasteiger partial charge in [-0.25, -0.2) is 0 Å². The molecule has 2 heteroatoms. The van der Waals surface area contributed by atoms with Crippen molar-refractivity contribution in [3.05, 3.63) is 29.3 Å². The summed E-state index contributed by atoms with van der Waals surface area (Å²) < 4.78 is 5.54. The first kappa shape index (κ1) is 11.8. The molecule has 1 rings (SSSR count). The number of hydrogen-bond acceptors (Lipinski definition) is 2. The molecular formula is C13H18O2. The molecule has 0 atom stereocenters. The number of carbonyl (C=O) groups excluding carboxylic acids is 1. The molecule has 0 fully saturated rings. The van der Waals surface area contributed by atoms with Crippen LogP contribution < -0.4 is 4.74 Å². The van der Waals surface area contributed by atoms with Crippen LogP contribution in [0.5, 0.6) is 5.75 Å². The van der Waals surface area contributed by atoms with Crippen LogP contribution in [0.3, 0.4) is 0 Å². The number of aldehydes is 1. The maximum absolute atomic E-state index is 10.8.